The van der Waals surface area contributed by atoms with E-state index in [-0.39, 0.29) is 18.6 Å². The van der Waals surface area contributed by atoms with Crippen molar-refractivity contribution in [3.8, 4) is 0 Å². The van der Waals surface area contributed by atoms with Gasteiger partial charge in [-0.05, 0) is 26.7 Å². The number of aliphatic hydroxyl groups is 1. The van der Waals surface area contributed by atoms with Gasteiger partial charge in [-0.2, -0.15) is 0 Å². The van der Waals surface area contributed by atoms with Crippen LogP contribution in [0, 0.1) is 12.8 Å². The molecule has 96 valence electrons. The Bertz CT molecular complexity index is 356. The van der Waals surface area contributed by atoms with Crippen molar-refractivity contribution in [3.05, 3.63) is 11.9 Å². The molecule has 0 aliphatic heterocycles. The molecule has 0 aliphatic rings. The van der Waals surface area contributed by atoms with Gasteiger partial charge >= 0.3 is 0 Å². The molecule has 0 aliphatic carbocycles. The molecule has 5 heteroatoms. The summed E-state index contributed by atoms with van der Waals surface area (Å²) in [5, 5.41) is 15.6. The van der Waals surface area contributed by atoms with Crippen LogP contribution < -0.4 is 10.6 Å². The lowest BCUT2D eigenvalue weighted by Gasteiger charge is -2.21. The molecule has 2 unspecified atom stereocenters. The quantitative estimate of drug-likeness (QED) is 0.703. The Labute approximate surface area is 103 Å². The van der Waals surface area contributed by atoms with Gasteiger partial charge in [0.05, 0.1) is 0 Å². The maximum atomic E-state index is 9.11. The third kappa shape index (κ3) is 3.56. The van der Waals surface area contributed by atoms with Crippen molar-refractivity contribution in [2.75, 3.05) is 23.8 Å². The molecule has 0 saturated heterocycles. The molecule has 5 nitrogen and oxygen atoms in total. The van der Waals surface area contributed by atoms with E-state index in [4.69, 9.17) is 5.11 Å². The molecule has 1 heterocycles. The Balaban J connectivity index is 2.80. The van der Waals surface area contributed by atoms with E-state index < -0.39 is 0 Å². The first-order chi connectivity index (χ1) is 8.10. The minimum Gasteiger partial charge on any atom is -0.396 e. The van der Waals surface area contributed by atoms with Gasteiger partial charge in [0.1, 0.15) is 18.0 Å². The highest BCUT2D eigenvalue weighted by Crippen LogP contribution is 2.19. The molecular weight excluding hydrogens is 216 g/mol. The number of hydrogen-bond donors (Lipinski definition) is 3. The summed E-state index contributed by atoms with van der Waals surface area (Å²) in [4.78, 5) is 8.42. The summed E-state index contributed by atoms with van der Waals surface area (Å²) in [7, 11) is 0. The van der Waals surface area contributed by atoms with E-state index in [1.54, 1.807) is 6.33 Å². The zero-order valence-corrected chi connectivity index (χ0v) is 11.0. The van der Waals surface area contributed by atoms with Crippen molar-refractivity contribution in [3.63, 3.8) is 0 Å². The first-order valence-corrected chi connectivity index (χ1v) is 6.03. The van der Waals surface area contributed by atoms with Crippen LogP contribution in [0.4, 0.5) is 11.6 Å². The Morgan fingerprint density at radius 2 is 1.94 bits per heavy atom. The standard InChI is InChI=1S/C12H22N4O/c1-5-13-11-9(3)12(15-7-14-11)16-10(4)8(2)6-17/h7-8,10,17H,5-6H2,1-4H3,(H2,13,14,15,16). The Morgan fingerprint density at radius 1 is 1.29 bits per heavy atom. The number of anilines is 2. The number of nitrogens with zero attached hydrogens (tertiary/aromatic N) is 2. The van der Waals surface area contributed by atoms with Crippen molar-refractivity contribution in [2.45, 2.75) is 33.7 Å². The van der Waals surface area contributed by atoms with Gasteiger partial charge in [0.25, 0.3) is 0 Å². The molecule has 0 amide bonds. The fourth-order valence-corrected chi connectivity index (χ4v) is 1.46. The van der Waals surface area contributed by atoms with Crippen LogP contribution in [0.3, 0.4) is 0 Å². The second-order valence-electron chi connectivity index (χ2n) is 4.32. The predicted molar refractivity (Wildman–Crippen MR) is 70.3 cm³/mol. The zero-order valence-electron chi connectivity index (χ0n) is 11.0. The van der Waals surface area contributed by atoms with Gasteiger partial charge < -0.3 is 15.7 Å². The van der Waals surface area contributed by atoms with Crippen LogP contribution in [-0.4, -0.2) is 34.3 Å². The Hall–Kier alpha value is -1.36. The molecule has 0 radical (unpaired) electrons. The van der Waals surface area contributed by atoms with Crippen LogP contribution in [-0.2, 0) is 0 Å². The second kappa shape index (κ2) is 6.39. The fraction of sp³-hybridized carbons (Fsp3) is 0.667. The summed E-state index contributed by atoms with van der Waals surface area (Å²) in [5.74, 6) is 1.87. The van der Waals surface area contributed by atoms with Crippen LogP contribution in [0.2, 0.25) is 0 Å². The smallest absolute Gasteiger partial charge is 0.134 e. The SMILES string of the molecule is CCNc1ncnc(NC(C)C(C)CO)c1C. The highest BCUT2D eigenvalue weighted by molar-refractivity contribution is 5.56. The molecule has 17 heavy (non-hydrogen) atoms. The Morgan fingerprint density at radius 3 is 2.53 bits per heavy atom. The summed E-state index contributed by atoms with van der Waals surface area (Å²) in [5.41, 5.74) is 1.01. The monoisotopic (exact) mass is 238 g/mol. The molecular formula is C12H22N4O. The van der Waals surface area contributed by atoms with Crippen LogP contribution >= 0.6 is 0 Å². The lowest BCUT2D eigenvalue weighted by molar-refractivity contribution is 0.226. The fourth-order valence-electron chi connectivity index (χ4n) is 1.46. The second-order valence-corrected chi connectivity index (χ2v) is 4.32. The third-order valence-corrected chi connectivity index (χ3v) is 2.93. The van der Waals surface area contributed by atoms with E-state index in [1.165, 1.54) is 0 Å². The first kappa shape index (κ1) is 13.7. The van der Waals surface area contributed by atoms with Gasteiger partial charge in [-0.1, -0.05) is 6.92 Å². The maximum Gasteiger partial charge on any atom is 0.134 e. The van der Waals surface area contributed by atoms with Crippen LogP contribution in [0.5, 0.6) is 0 Å². The van der Waals surface area contributed by atoms with E-state index in [0.717, 1.165) is 23.7 Å². The lowest BCUT2D eigenvalue weighted by Crippen LogP contribution is -2.27. The van der Waals surface area contributed by atoms with Gasteiger partial charge in [0.2, 0.25) is 0 Å². The summed E-state index contributed by atoms with van der Waals surface area (Å²) in [6.07, 6.45) is 1.55. The molecule has 0 bridgehead atoms. The summed E-state index contributed by atoms with van der Waals surface area (Å²) in [6, 6.07) is 0.170. The molecule has 0 fully saturated rings. The number of nitrogens with one attached hydrogen (secondary N) is 2. The summed E-state index contributed by atoms with van der Waals surface area (Å²) >= 11 is 0. The van der Waals surface area contributed by atoms with E-state index in [0.29, 0.717) is 0 Å². The number of rotatable bonds is 6. The average molecular weight is 238 g/mol. The van der Waals surface area contributed by atoms with Gasteiger partial charge in [-0.15, -0.1) is 0 Å². The molecule has 0 spiro atoms. The largest absolute Gasteiger partial charge is 0.396 e. The molecule has 1 aromatic rings. The van der Waals surface area contributed by atoms with Gasteiger partial charge in [-0.3, -0.25) is 0 Å². The van der Waals surface area contributed by atoms with Crippen molar-refractivity contribution in [1.29, 1.82) is 0 Å². The minimum absolute atomic E-state index is 0.165. The van der Waals surface area contributed by atoms with E-state index in [2.05, 4.69) is 20.6 Å². The average Bonchev–Trinajstić information content (AvgIpc) is 2.33. The lowest BCUT2D eigenvalue weighted by atomic mass is 10.1. The molecule has 0 aromatic carbocycles. The maximum absolute atomic E-state index is 9.11. The molecule has 0 saturated carbocycles. The van der Waals surface area contributed by atoms with Gasteiger partial charge in [0.15, 0.2) is 0 Å². The van der Waals surface area contributed by atoms with Crippen molar-refractivity contribution in [2.24, 2.45) is 5.92 Å². The Kier molecular flexibility index (Phi) is 5.15. The molecule has 2 atom stereocenters. The van der Waals surface area contributed by atoms with Crippen molar-refractivity contribution in [1.82, 2.24) is 9.97 Å². The molecule has 1 rings (SSSR count). The van der Waals surface area contributed by atoms with E-state index >= 15 is 0 Å². The summed E-state index contributed by atoms with van der Waals surface area (Å²) in [6.45, 7) is 9.05. The van der Waals surface area contributed by atoms with Crippen molar-refractivity contribution < 1.29 is 5.11 Å². The topological polar surface area (TPSA) is 70.1 Å². The van der Waals surface area contributed by atoms with Crippen LogP contribution in [0.15, 0.2) is 6.33 Å². The first-order valence-electron chi connectivity index (χ1n) is 6.03. The molecule has 3 N–H and O–H groups in total. The van der Waals surface area contributed by atoms with E-state index in [9.17, 15) is 0 Å². The number of hydrogen-bond acceptors (Lipinski definition) is 5. The highest BCUT2D eigenvalue weighted by Gasteiger charge is 2.13. The highest BCUT2D eigenvalue weighted by atomic mass is 16.3. The normalized spacial score (nSPS) is 14.2. The molecule has 1 aromatic heterocycles. The summed E-state index contributed by atoms with van der Waals surface area (Å²) < 4.78 is 0. The van der Waals surface area contributed by atoms with Crippen molar-refractivity contribution >= 4 is 11.6 Å². The zero-order chi connectivity index (χ0) is 12.8. The van der Waals surface area contributed by atoms with Gasteiger partial charge in [0, 0.05) is 24.8 Å². The van der Waals surface area contributed by atoms with Crippen LogP contribution in [0.1, 0.15) is 26.3 Å². The number of aromatic nitrogens is 2. The predicted octanol–water partition coefficient (Wildman–Crippen LogP) is 1.65. The number of aliphatic hydroxyl groups excluding tert-OH is 1. The van der Waals surface area contributed by atoms with E-state index in [1.807, 2.05) is 27.7 Å². The third-order valence-electron chi connectivity index (χ3n) is 2.93. The van der Waals surface area contributed by atoms with Gasteiger partial charge in [-0.25, -0.2) is 9.97 Å². The minimum atomic E-state index is 0.165. The van der Waals surface area contributed by atoms with Crippen LogP contribution in [0.25, 0.3) is 0 Å².